The SMILES string of the molecule is C=CCc1cc(/C=C2\C(=O)NC(=S)N(c3cccc(Cl)c3Cl)C2=O)cc(OCC)c1OCC. The third-order valence-electron chi connectivity index (χ3n) is 4.69. The molecule has 0 aromatic heterocycles. The minimum absolute atomic E-state index is 0.0830. The van der Waals surface area contributed by atoms with Crippen LogP contribution in [-0.4, -0.2) is 30.1 Å². The van der Waals surface area contributed by atoms with E-state index in [1.54, 1.807) is 30.3 Å². The number of allylic oxidation sites excluding steroid dienone is 1. The lowest BCUT2D eigenvalue weighted by atomic mass is 10.0. The van der Waals surface area contributed by atoms with Crippen LogP contribution in [0.15, 0.2) is 48.6 Å². The van der Waals surface area contributed by atoms with Gasteiger partial charge in [-0.3, -0.25) is 19.8 Å². The Morgan fingerprint density at radius 2 is 1.88 bits per heavy atom. The maximum atomic E-state index is 13.3. The third kappa shape index (κ3) is 5.21. The largest absolute Gasteiger partial charge is 0.490 e. The van der Waals surface area contributed by atoms with E-state index in [-0.39, 0.29) is 26.4 Å². The van der Waals surface area contributed by atoms with E-state index in [1.165, 1.54) is 6.08 Å². The molecule has 6 nitrogen and oxygen atoms in total. The average Bonchev–Trinajstić information content (AvgIpc) is 2.76. The predicted molar refractivity (Wildman–Crippen MR) is 135 cm³/mol. The van der Waals surface area contributed by atoms with Crippen LogP contribution in [0.5, 0.6) is 11.5 Å². The first-order valence-electron chi connectivity index (χ1n) is 10.2. The fourth-order valence-corrected chi connectivity index (χ4v) is 4.01. The van der Waals surface area contributed by atoms with Gasteiger partial charge < -0.3 is 9.47 Å². The normalized spacial score (nSPS) is 15.0. The molecule has 3 rings (SSSR count). The van der Waals surface area contributed by atoms with Gasteiger partial charge >= 0.3 is 0 Å². The molecule has 33 heavy (non-hydrogen) atoms. The summed E-state index contributed by atoms with van der Waals surface area (Å²) in [4.78, 5) is 27.2. The Morgan fingerprint density at radius 3 is 2.55 bits per heavy atom. The number of ether oxygens (including phenoxy) is 2. The van der Waals surface area contributed by atoms with E-state index in [9.17, 15) is 9.59 Å². The highest BCUT2D eigenvalue weighted by Gasteiger charge is 2.35. The lowest BCUT2D eigenvalue weighted by molar-refractivity contribution is -0.122. The summed E-state index contributed by atoms with van der Waals surface area (Å²) in [6, 6.07) is 8.38. The number of amides is 2. The summed E-state index contributed by atoms with van der Waals surface area (Å²) in [5.41, 5.74) is 1.57. The van der Waals surface area contributed by atoms with E-state index in [1.807, 2.05) is 19.9 Å². The summed E-state index contributed by atoms with van der Waals surface area (Å²) in [5.74, 6) is -0.115. The van der Waals surface area contributed by atoms with E-state index in [2.05, 4.69) is 11.9 Å². The molecule has 1 saturated heterocycles. The first-order valence-corrected chi connectivity index (χ1v) is 11.4. The number of carbonyl (C=O) groups excluding carboxylic acids is 2. The number of carbonyl (C=O) groups is 2. The predicted octanol–water partition coefficient (Wildman–Crippen LogP) is 5.35. The van der Waals surface area contributed by atoms with Crippen LogP contribution >= 0.6 is 35.4 Å². The molecule has 172 valence electrons. The average molecular weight is 505 g/mol. The van der Waals surface area contributed by atoms with Gasteiger partial charge in [0, 0.05) is 5.56 Å². The van der Waals surface area contributed by atoms with Crippen LogP contribution in [0.3, 0.4) is 0 Å². The molecule has 0 unspecified atom stereocenters. The van der Waals surface area contributed by atoms with Crippen molar-refractivity contribution in [2.45, 2.75) is 20.3 Å². The minimum Gasteiger partial charge on any atom is -0.490 e. The first kappa shape index (κ1) is 24.8. The maximum Gasteiger partial charge on any atom is 0.270 e. The fraction of sp³-hybridized carbons (Fsp3) is 0.208. The van der Waals surface area contributed by atoms with Crippen molar-refractivity contribution in [2.24, 2.45) is 0 Å². The van der Waals surface area contributed by atoms with Gasteiger partial charge in [0.15, 0.2) is 16.6 Å². The highest BCUT2D eigenvalue weighted by Crippen LogP contribution is 2.36. The van der Waals surface area contributed by atoms with Gasteiger partial charge in [0.05, 0.1) is 28.9 Å². The van der Waals surface area contributed by atoms with Crippen molar-refractivity contribution in [1.29, 1.82) is 0 Å². The zero-order valence-electron chi connectivity index (χ0n) is 18.1. The molecule has 2 aromatic rings. The summed E-state index contributed by atoms with van der Waals surface area (Å²) in [6.45, 7) is 8.41. The Kier molecular flexibility index (Phi) is 8.13. The zero-order valence-corrected chi connectivity index (χ0v) is 20.4. The van der Waals surface area contributed by atoms with Gasteiger partial charge in [0.25, 0.3) is 11.8 Å². The Balaban J connectivity index is 2.11. The number of thiocarbonyl (C=S) groups is 1. The topological polar surface area (TPSA) is 67.9 Å². The first-order chi connectivity index (χ1) is 15.8. The molecule has 2 aromatic carbocycles. The van der Waals surface area contributed by atoms with Crippen LogP contribution in [0.2, 0.25) is 10.0 Å². The molecule has 0 bridgehead atoms. The molecular weight excluding hydrogens is 483 g/mol. The summed E-state index contributed by atoms with van der Waals surface area (Å²) >= 11 is 17.6. The van der Waals surface area contributed by atoms with Crippen LogP contribution in [0.4, 0.5) is 5.69 Å². The van der Waals surface area contributed by atoms with Gasteiger partial charge in [-0.25, -0.2) is 0 Å². The van der Waals surface area contributed by atoms with Gasteiger partial charge in [-0.15, -0.1) is 6.58 Å². The summed E-state index contributed by atoms with van der Waals surface area (Å²) in [6.07, 6.45) is 3.74. The molecule has 1 aliphatic rings. The molecule has 1 aliphatic heterocycles. The van der Waals surface area contributed by atoms with Crippen LogP contribution in [0, 0.1) is 0 Å². The van der Waals surface area contributed by atoms with Crippen molar-refractivity contribution in [3.05, 3.63) is 69.7 Å². The lowest BCUT2D eigenvalue weighted by Gasteiger charge is -2.29. The molecule has 2 amide bonds. The fourth-order valence-electron chi connectivity index (χ4n) is 3.35. The zero-order chi connectivity index (χ0) is 24.1. The Labute approximate surface area is 207 Å². The summed E-state index contributed by atoms with van der Waals surface area (Å²) in [7, 11) is 0. The third-order valence-corrected chi connectivity index (χ3v) is 5.79. The van der Waals surface area contributed by atoms with Crippen LogP contribution in [0.1, 0.15) is 25.0 Å². The van der Waals surface area contributed by atoms with Gasteiger partial charge in [0.2, 0.25) is 0 Å². The summed E-state index contributed by atoms with van der Waals surface area (Å²) in [5, 5.41) is 2.87. The van der Waals surface area contributed by atoms with E-state index >= 15 is 0 Å². The highest BCUT2D eigenvalue weighted by molar-refractivity contribution is 7.80. The molecule has 1 heterocycles. The number of halogens is 2. The van der Waals surface area contributed by atoms with Crippen molar-refractivity contribution < 1.29 is 19.1 Å². The van der Waals surface area contributed by atoms with E-state index in [0.717, 1.165) is 10.5 Å². The quantitative estimate of drug-likeness (QED) is 0.227. The van der Waals surface area contributed by atoms with E-state index in [4.69, 9.17) is 44.9 Å². The molecule has 9 heteroatoms. The van der Waals surface area contributed by atoms with Gasteiger partial charge in [-0.1, -0.05) is 35.3 Å². The van der Waals surface area contributed by atoms with Gasteiger partial charge in [-0.05, 0) is 68.4 Å². The van der Waals surface area contributed by atoms with Gasteiger partial charge in [0.1, 0.15) is 5.57 Å². The maximum absolute atomic E-state index is 13.3. The second-order valence-corrected chi connectivity index (χ2v) is 8.07. The number of nitrogens with zero attached hydrogens (tertiary/aromatic N) is 1. The van der Waals surface area contributed by atoms with Crippen LogP contribution in [0.25, 0.3) is 6.08 Å². The van der Waals surface area contributed by atoms with E-state index < -0.39 is 11.8 Å². The van der Waals surface area contributed by atoms with Crippen molar-refractivity contribution in [3.63, 3.8) is 0 Å². The second kappa shape index (κ2) is 10.8. The monoisotopic (exact) mass is 504 g/mol. The van der Waals surface area contributed by atoms with Gasteiger partial charge in [-0.2, -0.15) is 0 Å². The number of hydrogen-bond acceptors (Lipinski definition) is 5. The molecule has 0 radical (unpaired) electrons. The lowest BCUT2D eigenvalue weighted by Crippen LogP contribution is -2.54. The smallest absolute Gasteiger partial charge is 0.270 e. The van der Waals surface area contributed by atoms with E-state index in [0.29, 0.717) is 36.7 Å². The number of nitrogens with one attached hydrogen (secondary N) is 1. The summed E-state index contributed by atoms with van der Waals surface area (Å²) < 4.78 is 11.5. The number of anilines is 1. The van der Waals surface area contributed by atoms with Crippen molar-refractivity contribution in [1.82, 2.24) is 5.32 Å². The number of benzene rings is 2. The molecule has 1 fully saturated rings. The van der Waals surface area contributed by atoms with Crippen LogP contribution in [-0.2, 0) is 16.0 Å². The standard InChI is InChI=1S/C24H22Cl2N2O4S/c1-4-8-15-11-14(13-19(31-5-2)21(15)32-6-3)12-16-22(29)27-24(33)28(23(16)30)18-10-7-9-17(25)20(18)26/h4,7,9-13H,1,5-6,8H2,2-3H3,(H,27,29,33)/b16-12+. The Hall–Kier alpha value is -2.87. The Morgan fingerprint density at radius 1 is 1.15 bits per heavy atom. The Bertz CT molecular complexity index is 1160. The van der Waals surface area contributed by atoms with Crippen molar-refractivity contribution >= 4 is 64.1 Å². The molecule has 0 atom stereocenters. The number of rotatable bonds is 8. The van der Waals surface area contributed by atoms with Crippen molar-refractivity contribution in [2.75, 3.05) is 18.1 Å². The number of hydrogen-bond donors (Lipinski definition) is 1. The second-order valence-electron chi connectivity index (χ2n) is 6.90. The highest BCUT2D eigenvalue weighted by atomic mass is 35.5. The van der Waals surface area contributed by atoms with Crippen molar-refractivity contribution in [3.8, 4) is 11.5 Å². The van der Waals surface area contributed by atoms with Crippen LogP contribution < -0.4 is 19.7 Å². The molecule has 0 aliphatic carbocycles. The molecule has 1 N–H and O–H groups in total. The molecule has 0 saturated carbocycles. The molecule has 0 spiro atoms. The molecular formula is C24H22Cl2N2O4S. The minimum atomic E-state index is -0.620.